The maximum absolute atomic E-state index is 14.5. The first-order valence-electron chi connectivity index (χ1n) is 26.6. The summed E-state index contributed by atoms with van der Waals surface area (Å²) in [5, 5.41) is 10.3. The van der Waals surface area contributed by atoms with Crippen molar-refractivity contribution in [2.45, 2.75) is 275 Å². The molecule has 0 aromatic heterocycles. The zero-order valence-corrected chi connectivity index (χ0v) is 43.5. The number of benzene rings is 1. The molecule has 4 saturated heterocycles. The van der Waals surface area contributed by atoms with E-state index < -0.39 is 16.9 Å². The van der Waals surface area contributed by atoms with Gasteiger partial charge >= 0.3 is 12.0 Å². The van der Waals surface area contributed by atoms with Gasteiger partial charge in [0.2, 0.25) is 0 Å². The van der Waals surface area contributed by atoms with E-state index in [-0.39, 0.29) is 52.4 Å². The molecular formula is C55H93N5O6. The van der Waals surface area contributed by atoms with E-state index in [0.717, 1.165) is 44.1 Å². The molecule has 11 nitrogen and oxygen atoms in total. The first kappa shape index (κ1) is 53.9. The molecule has 374 valence electrons. The van der Waals surface area contributed by atoms with Gasteiger partial charge in [-0.3, -0.25) is 14.4 Å². The number of nitrogens with one attached hydrogen (secondary N) is 3. The Labute approximate surface area is 400 Å². The lowest BCUT2D eigenvalue weighted by atomic mass is 9.71. The Morgan fingerprint density at radius 3 is 1.58 bits per heavy atom. The van der Waals surface area contributed by atoms with Gasteiger partial charge in [-0.05, 0) is 119 Å². The van der Waals surface area contributed by atoms with Crippen LogP contribution in [-0.4, -0.2) is 80.9 Å². The summed E-state index contributed by atoms with van der Waals surface area (Å²) >= 11 is 0. The Balaban J connectivity index is 0.000000296. The van der Waals surface area contributed by atoms with Gasteiger partial charge < -0.3 is 30.3 Å². The maximum atomic E-state index is 14.5. The van der Waals surface area contributed by atoms with Gasteiger partial charge in [-0.1, -0.05) is 127 Å². The standard InChI is InChI=1S/C37H68N2O4.C18H25N3O2/c1-6-7-8-9-10-11-15-18-21-24-29-42-32(40)25-28-39-33(41)36(30-34(2,3)38-35(4,5)31-36)43-37(39)26-22-19-16-13-12-14-17-20-23-27-37;1-12-6-8-13(9-7-12)21-14(22)18(19-15(21)23)10-16(2,3)20-17(4,5)11-18/h38H,6-31H2,1-5H3;6-9,20H,10-11H2,1-5H3,(H,19,23). The number of imide groups is 1. The summed E-state index contributed by atoms with van der Waals surface area (Å²) in [4.78, 5) is 56.4. The lowest BCUT2D eigenvalue weighted by Gasteiger charge is -2.50. The first-order chi connectivity index (χ1) is 31.1. The van der Waals surface area contributed by atoms with E-state index in [1.165, 1.54) is 101 Å². The number of urea groups is 1. The molecule has 0 radical (unpaired) electrons. The third-order valence-corrected chi connectivity index (χ3v) is 14.7. The van der Waals surface area contributed by atoms with Crippen LogP contribution >= 0.6 is 0 Å². The minimum atomic E-state index is -0.838. The van der Waals surface area contributed by atoms with Gasteiger partial charge in [-0.25, -0.2) is 9.69 Å². The van der Waals surface area contributed by atoms with Crippen LogP contribution in [-0.2, 0) is 23.9 Å². The van der Waals surface area contributed by atoms with Gasteiger partial charge in [0.25, 0.3) is 11.8 Å². The Kier molecular flexibility index (Phi) is 18.8. The smallest absolute Gasteiger partial charge is 0.329 e. The van der Waals surface area contributed by atoms with E-state index in [0.29, 0.717) is 44.5 Å². The average molecular weight is 920 g/mol. The van der Waals surface area contributed by atoms with E-state index in [1.54, 1.807) is 0 Å². The number of ether oxygens (including phenoxy) is 2. The number of amides is 4. The summed E-state index contributed by atoms with van der Waals surface area (Å²) in [5.74, 6) is -0.224. The molecule has 5 fully saturated rings. The van der Waals surface area contributed by atoms with Gasteiger partial charge in [-0.15, -0.1) is 0 Å². The molecule has 66 heavy (non-hydrogen) atoms. The Morgan fingerprint density at radius 2 is 1.08 bits per heavy atom. The third kappa shape index (κ3) is 14.7. The van der Waals surface area contributed by atoms with Crippen molar-refractivity contribution in [1.29, 1.82) is 0 Å². The van der Waals surface area contributed by atoms with Crippen molar-refractivity contribution in [1.82, 2.24) is 20.9 Å². The molecule has 0 bridgehead atoms. The number of hydrogen-bond acceptors (Lipinski definition) is 8. The van der Waals surface area contributed by atoms with E-state index in [4.69, 9.17) is 9.47 Å². The average Bonchev–Trinajstić information content (AvgIpc) is 3.54. The number of rotatable bonds is 15. The van der Waals surface area contributed by atoms with Crippen LogP contribution in [0.2, 0.25) is 0 Å². The van der Waals surface area contributed by atoms with E-state index >= 15 is 0 Å². The second-order valence-corrected chi connectivity index (χ2v) is 23.8. The van der Waals surface area contributed by atoms with Gasteiger partial charge in [0.1, 0.15) is 11.3 Å². The van der Waals surface area contributed by atoms with Gasteiger partial charge in [0, 0.05) is 41.5 Å². The summed E-state index contributed by atoms with van der Waals surface area (Å²) in [6.07, 6.45) is 28.0. The first-order valence-corrected chi connectivity index (χ1v) is 26.6. The second-order valence-electron chi connectivity index (χ2n) is 23.8. The highest BCUT2D eigenvalue weighted by Crippen LogP contribution is 2.51. The fourth-order valence-electron chi connectivity index (χ4n) is 12.9. The minimum absolute atomic E-state index is 0.102. The summed E-state index contributed by atoms with van der Waals surface area (Å²) in [7, 11) is 0. The predicted molar refractivity (Wildman–Crippen MR) is 267 cm³/mol. The quantitative estimate of drug-likeness (QED) is 0.0901. The molecule has 3 spiro atoms. The van der Waals surface area contributed by atoms with Gasteiger partial charge in [-0.2, -0.15) is 0 Å². The molecule has 5 aliphatic rings. The lowest BCUT2D eigenvalue weighted by Crippen LogP contribution is -2.68. The highest BCUT2D eigenvalue weighted by molar-refractivity contribution is 6.23. The van der Waals surface area contributed by atoms with Crippen molar-refractivity contribution in [2.24, 2.45) is 0 Å². The van der Waals surface area contributed by atoms with E-state index in [1.807, 2.05) is 36.1 Å². The van der Waals surface area contributed by atoms with Crippen molar-refractivity contribution >= 4 is 29.5 Å². The van der Waals surface area contributed by atoms with Crippen molar-refractivity contribution < 1.29 is 28.7 Å². The van der Waals surface area contributed by atoms with Crippen LogP contribution in [0.1, 0.15) is 235 Å². The van der Waals surface area contributed by atoms with Crippen LogP contribution in [0.15, 0.2) is 24.3 Å². The number of aryl methyl sites for hydroxylation is 1. The summed E-state index contributed by atoms with van der Waals surface area (Å²) in [6, 6.07) is 7.15. The fraction of sp³-hybridized carbons (Fsp3) is 0.818. The van der Waals surface area contributed by atoms with Crippen LogP contribution in [0.25, 0.3) is 0 Å². The molecule has 0 atom stereocenters. The molecule has 4 amide bonds. The van der Waals surface area contributed by atoms with E-state index in [2.05, 4.69) is 78.3 Å². The van der Waals surface area contributed by atoms with Crippen molar-refractivity contribution in [3.8, 4) is 0 Å². The van der Waals surface area contributed by atoms with Gasteiger partial charge in [0.15, 0.2) is 5.60 Å². The van der Waals surface area contributed by atoms with E-state index in [9.17, 15) is 19.2 Å². The number of nitrogens with zero attached hydrogens (tertiary/aromatic N) is 2. The molecule has 1 aromatic rings. The lowest BCUT2D eigenvalue weighted by molar-refractivity contribution is -0.177. The number of hydrogen-bond donors (Lipinski definition) is 3. The molecule has 3 N–H and O–H groups in total. The molecule has 11 heteroatoms. The molecule has 1 aliphatic carbocycles. The number of esters is 1. The Bertz CT molecular complexity index is 1710. The van der Waals surface area contributed by atoms with Crippen LogP contribution in [0.3, 0.4) is 0 Å². The maximum Gasteiger partial charge on any atom is 0.329 e. The largest absolute Gasteiger partial charge is 0.466 e. The van der Waals surface area contributed by atoms with Crippen molar-refractivity contribution in [3.63, 3.8) is 0 Å². The van der Waals surface area contributed by atoms with Gasteiger partial charge in [0.05, 0.1) is 18.7 Å². The Morgan fingerprint density at radius 1 is 0.621 bits per heavy atom. The molecule has 6 rings (SSSR count). The summed E-state index contributed by atoms with van der Waals surface area (Å²) in [5.41, 5.74) is -1.44. The highest BCUT2D eigenvalue weighted by atomic mass is 16.6. The SMILES string of the molecule is CCCCCCCCCCCCOC(=O)CCN1C(=O)C2(CC(C)(C)NC(C)(C)C2)OC12CCCCCCCCCCC2.Cc1ccc(N2C(=O)NC3(CC(C)(C)NC(C)(C)C3)C2=O)cc1. The predicted octanol–water partition coefficient (Wildman–Crippen LogP) is 12.1. The molecular weight excluding hydrogens is 827 g/mol. The summed E-state index contributed by atoms with van der Waals surface area (Å²) < 4.78 is 12.9. The number of carbonyl (C=O) groups excluding carboxylic acids is 4. The number of piperidine rings is 2. The molecule has 4 heterocycles. The normalized spacial score (nSPS) is 24.1. The highest BCUT2D eigenvalue weighted by Gasteiger charge is 2.64. The number of anilines is 1. The monoisotopic (exact) mass is 920 g/mol. The zero-order valence-electron chi connectivity index (χ0n) is 43.5. The number of unbranched alkanes of at least 4 members (excludes halogenated alkanes) is 9. The zero-order chi connectivity index (χ0) is 48.3. The van der Waals surface area contributed by atoms with Crippen molar-refractivity contribution in [3.05, 3.63) is 29.8 Å². The fourth-order valence-corrected chi connectivity index (χ4v) is 12.9. The molecule has 1 saturated carbocycles. The summed E-state index contributed by atoms with van der Waals surface area (Å²) in [6.45, 7) is 22.2. The molecule has 1 aromatic carbocycles. The minimum Gasteiger partial charge on any atom is -0.466 e. The number of carbonyl (C=O) groups is 4. The Hall–Kier alpha value is -3.02. The third-order valence-electron chi connectivity index (χ3n) is 14.7. The van der Waals surface area contributed by atoms with Crippen LogP contribution in [0.5, 0.6) is 0 Å². The van der Waals surface area contributed by atoms with Crippen LogP contribution in [0, 0.1) is 6.92 Å². The van der Waals surface area contributed by atoms with Crippen LogP contribution in [0.4, 0.5) is 10.5 Å². The second kappa shape index (κ2) is 23.1. The van der Waals surface area contributed by atoms with Crippen LogP contribution < -0.4 is 20.9 Å². The van der Waals surface area contributed by atoms with Crippen molar-refractivity contribution in [2.75, 3.05) is 18.1 Å². The topological polar surface area (TPSA) is 129 Å². The molecule has 4 aliphatic heterocycles. The molecule has 0 unspecified atom stereocenters.